The Morgan fingerprint density at radius 3 is 1.31 bits per heavy atom. The number of hydrogen-bond donors (Lipinski definition) is 2. The molecular formula is C22H24CuO6. The van der Waals surface area contributed by atoms with Crippen molar-refractivity contribution in [3.63, 3.8) is 0 Å². The van der Waals surface area contributed by atoms with Gasteiger partial charge in [-0.15, -0.1) is 0 Å². The average molecular weight is 448 g/mol. The second-order valence-electron chi connectivity index (χ2n) is 5.29. The first kappa shape index (κ1) is 26.0. The first-order chi connectivity index (χ1) is 13.5. The molecule has 1 radical (unpaired) electrons. The van der Waals surface area contributed by atoms with Crippen LogP contribution in [0.2, 0.25) is 0 Å². The number of aliphatic hydroxyl groups is 2. The van der Waals surface area contributed by atoms with Crippen LogP contribution in [0.15, 0.2) is 84.7 Å². The zero-order valence-electron chi connectivity index (χ0n) is 16.2. The monoisotopic (exact) mass is 447 g/mol. The largest absolute Gasteiger partial charge is 0.481 e. The van der Waals surface area contributed by atoms with Crippen LogP contribution >= 0.6 is 0 Å². The Labute approximate surface area is 180 Å². The number of hydrogen-bond acceptors (Lipinski definition) is 6. The van der Waals surface area contributed by atoms with Gasteiger partial charge in [-0.2, -0.15) is 0 Å². The van der Waals surface area contributed by atoms with Gasteiger partial charge in [0.1, 0.15) is 0 Å². The minimum absolute atomic E-state index is 0. The number of ether oxygens (including phenoxy) is 2. The number of allylic oxidation sites excluding steroid dienone is 2. The van der Waals surface area contributed by atoms with Crippen molar-refractivity contribution < 1.29 is 46.3 Å². The van der Waals surface area contributed by atoms with Crippen LogP contribution in [-0.2, 0) is 26.5 Å². The normalized spacial score (nSPS) is 10.7. The molecule has 6 nitrogen and oxygen atoms in total. The van der Waals surface area contributed by atoms with Gasteiger partial charge in [0.2, 0.25) is 0 Å². The molecule has 0 saturated carbocycles. The third kappa shape index (κ3) is 10.8. The van der Waals surface area contributed by atoms with Gasteiger partial charge in [0.15, 0.2) is 11.6 Å². The topological polar surface area (TPSA) is 93.1 Å². The zero-order chi connectivity index (χ0) is 20.8. The summed E-state index contributed by atoms with van der Waals surface area (Å²) < 4.78 is 9.46. The molecule has 0 bridgehead atoms. The fraction of sp³-hybridized carbons (Fsp3) is 0.182. The van der Waals surface area contributed by atoms with Gasteiger partial charge in [-0.25, -0.2) is 0 Å². The Hall–Kier alpha value is -3.02. The molecule has 2 rings (SSSR count). The number of rotatable bonds is 8. The van der Waals surface area contributed by atoms with E-state index in [0.717, 1.165) is 12.2 Å². The molecule has 29 heavy (non-hydrogen) atoms. The van der Waals surface area contributed by atoms with E-state index >= 15 is 0 Å². The van der Waals surface area contributed by atoms with Crippen LogP contribution in [0.5, 0.6) is 0 Å². The van der Waals surface area contributed by atoms with Crippen molar-refractivity contribution in [3.8, 4) is 0 Å². The number of carbonyl (C=O) groups excluding carboxylic acids is 2. The maximum absolute atomic E-state index is 11.4. The van der Waals surface area contributed by atoms with Crippen molar-refractivity contribution in [1.29, 1.82) is 0 Å². The molecule has 0 fully saturated rings. The van der Waals surface area contributed by atoms with E-state index in [9.17, 15) is 9.59 Å². The quantitative estimate of drug-likeness (QED) is 0.265. The summed E-state index contributed by atoms with van der Waals surface area (Å²) in [7, 11) is 0. The summed E-state index contributed by atoms with van der Waals surface area (Å²) in [6, 6.07) is 17.4. The fourth-order valence-electron chi connectivity index (χ4n) is 1.97. The molecule has 0 heterocycles. The van der Waals surface area contributed by atoms with Gasteiger partial charge in [-0.3, -0.25) is 9.59 Å². The van der Waals surface area contributed by atoms with Crippen molar-refractivity contribution in [2.75, 3.05) is 13.2 Å². The first-order valence-corrected chi connectivity index (χ1v) is 8.73. The molecule has 0 amide bonds. The predicted molar refractivity (Wildman–Crippen MR) is 106 cm³/mol. The van der Waals surface area contributed by atoms with Gasteiger partial charge >= 0.3 is 0 Å². The summed E-state index contributed by atoms with van der Waals surface area (Å²) in [5.74, 6) is -1.23. The fourth-order valence-corrected chi connectivity index (χ4v) is 1.97. The molecule has 0 aliphatic heterocycles. The van der Waals surface area contributed by atoms with Crippen molar-refractivity contribution >= 4 is 11.6 Å². The summed E-state index contributed by atoms with van der Waals surface area (Å²) in [4.78, 5) is 22.8. The molecule has 2 N–H and O–H groups in total. The van der Waals surface area contributed by atoms with Gasteiger partial charge in [0.05, 0.1) is 25.4 Å². The van der Waals surface area contributed by atoms with E-state index in [1.165, 1.54) is 0 Å². The summed E-state index contributed by atoms with van der Waals surface area (Å²) in [6.45, 7) is 4.14. The molecule has 2 aromatic rings. The molecule has 0 aromatic heterocycles. The standard InChI is InChI=1S/2C11H12O3.Cu/c2*1-2-14-11(13)8-10(12)9-6-4-3-5-7-9;/h2*3-8,13H,2H2,1H3;. The second kappa shape index (κ2) is 15.0. The molecule has 0 unspecified atom stereocenters. The van der Waals surface area contributed by atoms with E-state index in [-0.39, 0.29) is 40.5 Å². The summed E-state index contributed by atoms with van der Waals surface area (Å²) >= 11 is 0. The smallest absolute Gasteiger partial charge is 0.280 e. The molecular weight excluding hydrogens is 424 g/mol. The minimum atomic E-state index is -0.346. The molecule has 0 saturated heterocycles. The van der Waals surface area contributed by atoms with Gasteiger partial charge in [0, 0.05) is 28.2 Å². The Balaban J connectivity index is 0.000000523. The van der Waals surface area contributed by atoms with Crippen molar-refractivity contribution in [1.82, 2.24) is 0 Å². The third-order valence-electron chi connectivity index (χ3n) is 3.21. The average Bonchev–Trinajstić information content (AvgIpc) is 2.70. The Morgan fingerprint density at radius 2 is 1.03 bits per heavy atom. The molecule has 2 aromatic carbocycles. The Kier molecular flexibility index (Phi) is 13.4. The van der Waals surface area contributed by atoms with Gasteiger partial charge in [0.25, 0.3) is 11.9 Å². The van der Waals surface area contributed by atoms with E-state index < -0.39 is 0 Å². The van der Waals surface area contributed by atoms with E-state index in [1.54, 1.807) is 62.4 Å². The molecule has 0 atom stereocenters. The second-order valence-corrected chi connectivity index (χ2v) is 5.29. The van der Waals surface area contributed by atoms with E-state index in [4.69, 9.17) is 19.7 Å². The maximum atomic E-state index is 11.4. The minimum Gasteiger partial charge on any atom is -0.481 e. The molecule has 159 valence electrons. The number of carbonyl (C=O) groups is 2. The van der Waals surface area contributed by atoms with Crippen LogP contribution < -0.4 is 0 Å². The van der Waals surface area contributed by atoms with Crippen molar-refractivity contribution in [3.05, 3.63) is 95.8 Å². The molecule has 0 aliphatic carbocycles. The van der Waals surface area contributed by atoms with E-state index in [0.29, 0.717) is 24.3 Å². The maximum Gasteiger partial charge on any atom is 0.280 e. The van der Waals surface area contributed by atoms with Gasteiger partial charge in [-0.05, 0) is 13.8 Å². The number of benzene rings is 2. The van der Waals surface area contributed by atoms with Crippen molar-refractivity contribution in [2.45, 2.75) is 13.8 Å². The van der Waals surface area contributed by atoms with Crippen molar-refractivity contribution in [2.24, 2.45) is 0 Å². The summed E-state index contributed by atoms with van der Waals surface area (Å²) in [5.41, 5.74) is 1.05. The van der Waals surface area contributed by atoms with Crippen LogP contribution in [-0.4, -0.2) is 35.0 Å². The van der Waals surface area contributed by atoms with Crippen LogP contribution in [0.4, 0.5) is 0 Å². The van der Waals surface area contributed by atoms with Crippen LogP contribution in [0.1, 0.15) is 34.6 Å². The predicted octanol–water partition coefficient (Wildman–Crippen LogP) is 4.61. The van der Waals surface area contributed by atoms with E-state index in [2.05, 4.69) is 0 Å². The number of ketones is 2. The summed E-state index contributed by atoms with van der Waals surface area (Å²) in [6.07, 6.45) is 2.14. The molecule has 7 heteroatoms. The zero-order valence-corrected chi connectivity index (χ0v) is 17.1. The first-order valence-electron chi connectivity index (χ1n) is 8.73. The summed E-state index contributed by atoms with van der Waals surface area (Å²) in [5, 5.41) is 18.2. The molecule has 0 aliphatic rings. The van der Waals surface area contributed by atoms with Gasteiger partial charge < -0.3 is 19.7 Å². The Bertz CT molecular complexity index is 731. The third-order valence-corrected chi connectivity index (χ3v) is 3.21. The van der Waals surface area contributed by atoms with Crippen LogP contribution in [0, 0.1) is 0 Å². The van der Waals surface area contributed by atoms with Gasteiger partial charge in [-0.1, -0.05) is 60.7 Å². The SMILES string of the molecule is CCOC(O)=CC(=O)c1ccccc1.CCOC(O)=CC(=O)c1ccccc1.[Cu]. The number of aliphatic hydroxyl groups excluding tert-OH is 2. The van der Waals surface area contributed by atoms with Crippen LogP contribution in [0.3, 0.4) is 0 Å². The van der Waals surface area contributed by atoms with E-state index in [1.807, 2.05) is 12.1 Å². The Morgan fingerprint density at radius 1 is 0.724 bits per heavy atom. The molecule has 0 spiro atoms. The van der Waals surface area contributed by atoms with Crippen LogP contribution in [0.25, 0.3) is 0 Å².